The lowest BCUT2D eigenvalue weighted by molar-refractivity contribution is -0.0493. The van der Waals surface area contributed by atoms with E-state index in [0.717, 1.165) is 5.56 Å². The van der Waals surface area contributed by atoms with E-state index in [1.807, 2.05) is 0 Å². The van der Waals surface area contributed by atoms with Crippen LogP contribution in [-0.4, -0.2) is 28.0 Å². The van der Waals surface area contributed by atoms with Crippen molar-refractivity contribution in [3.8, 4) is 5.75 Å². The van der Waals surface area contributed by atoms with E-state index < -0.39 is 6.61 Å². The van der Waals surface area contributed by atoms with E-state index in [2.05, 4.69) is 20.5 Å². The number of aromatic nitrogens is 2. The first-order valence-electron chi connectivity index (χ1n) is 7.76. The Bertz CT molecular complexity index is 786. The van der Waals surface area contributed by atoms with Gasteiger partial charge in [-0.1, -0.05) is 29.3 Å². The largest absolute Gasteiger partial charge is 0.433 e. The zero-order chi connectivity index (χ0) is 19.3. The Morgan fingerprint density at radius 1 is 1.35 bits per heavy atom. The molecule has 0 unspecified atom stereocenters. The molecule has 0 saturated carbocycles. The number of ether oxygens (including phenoxy) is 1. The average molecular weight is 423 g/mol. The van der Waals surface area contributed by atoms with Crippen LogP contribution in [0.15, 0.2) is 18.2 Å². The monoisotopic (exact) mass is 422 g/mol. The molecule has 2 N–H and O–H groups in total. The van der Waals surface area contributed by atoms with E-state index in [4.69, 9.17) is 35.4 Å². The lowest BCUT2D eigenvalue weighted by Crippen LogP contribution is -2.30. The Morgan fingerprint density at radius 3 is 2.69 bits per heavy atom. The summed E-state index contributed by atoms with van der Waals surface area (Å²) in [5.41, 5.74) is 1.84. The molecule has 1 aromatic heterocycles. The SMILES string of the molecule is Cc1ccc(NC(=S)NCCCn2nc(C)c(Cl)c2Cl)c(OC(F)F)c1. The maximum absolute atomic E-state index is 12.5. The first kappa shape index (κ1) is 20.7. The number of nitrogens with one attached hydrogen (secondary N) is 2. The lowest BCUT2D eigenvalue weighted by Gasteiger charge is -2.15. The number of aryl methyl sites for hydroxylation is 3. The molecular formula is C16H18Cl2F2N4OS. The van der Waals surface area contributed by atoms with Gasteiger partial charge in [0.2, 0.25) is 0 Å². The molecule has 0 bridgehead atoms. The van der Waals surface area contributed by atoms with Crippen molar-refractivity contribution in [3.63, 3.8) is 0 Å². The number of rotatable bonds is 7. The molecule has 0 aliphatic rings. The van der Waals surface area contributed by atoms with E-state index in [-0.39, 0.29) is 5.75 Å². The van der Waals surface area contributed by atoms with Crippen molar-refractivity contribution in [1.29, 1.82) is 0 Å². The molecular weight excluding hydrogens is 405 g/mol. The lowest BCUT2D eigenvalue weighted by atomic mass is 10.2. The topological polar surface area (TPSA) is 51.1 Å². The van der Waals surface area contributed by atoms with Gasteiger partial charge in [-0.25, -0.2) is 0 Å². The number of hydrogen-bond acceptors (Lipinski definition) is 3. The fourth-order valence-corrected chi connectivity index (χ4v) is 2.81. The first-order valence-corrected chi connectivity index (χ1v) is 8.93. The molecule has 0 spiro atoms. The van der Waals surface area contributed by atoms with Gasteiger partial charge in [0.05, 0.1) is 11.4 Å². The minimum absolute atomic E-state index is 0.0394. The fourth-order valence-electron chi connectivity index (χ4n) is 2.20. The molecule has 10 heteroatoms. The molecule has 26 heavy (non-hydrogen) atoms. The van der Waals surface area contributed by atoms with Gasteiger partial charge in [0.25, 0.3) is 0 Å². The minimum Gasteiger partial charge on any atom is -0.433 e. The number of nitrogens with zero attached hydrogens (tertiary/aromatic N) is 2. The van der Waals surface area contributed by atoms with Crippen molar-refractivity contribution < 1.29 is 13.5 Å². The maximum atomic E-state index is 12.5. The summed E-state index contributed by atoms with van der Waals surface area (Å²) in [6.07, 6.45) is 0.688. The highest BCUT2D eigenvalue weighted by Gasteiger charge is 2.12. The summed E-state index contributed by atoms with van der Waals surface area (Å²) in [5.74, 6) is 0.0394. The van der Waals surface area contributed by atoms with Crippen LogP contribution >= 0.6 is 35.4 Å². The van der Waals surface area contributed by atoms with Gasteiger partial charge >= 0.3 is 6.61 Å². The molecule has 2 rings (SSSR count). The number of anilines is 1. The number of alkyl halides is 2. The maximum Gasteiger partial charge on any atom is 0.387 e. The molecule has 0 aliphatic heterocycles. The summed E-state index contributed by atoms with van der Waals surface area (Å²) in [5, 5.41) is 11.2. The normalized spacial score (nSPS) is 10.9. The van der Waals surface area contributed by atoms with Gasteiger partial charge in [-0.2, -0.15) is 13.9 Å². The highest BCUT2D eigenvalue weighted by Crippen LogP contribution is 2.27. The van der Waals surface area contributed by atoms with Gasteiger partial charge < -0.3 is 15.4 Å². The second kappa shape index (κ2) is 9.34. The summed E-state index contributed by atoms with van der Waals surface area (Å²) in [6, 6.07) is 4.92. The quantitative estimate of drug-likeness (QED) is 0.496. The molecule has 5 nitrogen and oxygen atoms in total. The number of thiocarbonyl (C=S) groups is 1. The summed E-state index contributed by atoms with van der Waals surface area (Å²) in [7, 11) is 0. The number of halogens is 4. The van der Waals surface area contributed by atoms with Crippen LogP contribution in [0.1, 0.15) is 17.7 Å². The van der Waals surface area contributed by atoms with Crippen molar-refractivity contribution in [1.82, 2.24) is 15.1 Å². The third kappa shape index (κ3) is 5.69. The standard InChI is InChI=1S/C16H18Cl2F2N4OS/c1-9-4-5-11(12(8-9)25-15(19)20)22-16(26)21-6-3-7-24-14(18)13(17)10(2)23-24/h4-5,8,15H,3,6-7H2,1-2H3,(H2,21,22,26). The zero-order valence-electron chi connectivity index (χ0n) is 14.2. The van der Waals surface area contributed by atoms with Crippen molar-refractivity contribution in [2.24, 2.45) is 0 Å². The number of hydrogen-bond donors (Lipinski definition) is 2. The molecule has 0 aliphatic carbocycles. The van der Waals surface area contributed by atoms with E-state index in [9.17, 15) is 8.78 Å². The molecule has 0 atom stereocenters. The minimum atomic E-state index is -2.91. The molecule has 0 saturated heterocycles. The summed E-state index contributed by atoms with van der Waals surface area (Å²) >= 11 is 17.2. The van der Waals surface area contributed by atoms with Gasteiger partial charge in [-0.3, -0.25) is 4.68 Å². The Kier molecular flexibility index (Phi) is 7.43. The van der Waals surface area contributed by atoms with E-state index >= 15 is 0 Å². The van der Waals surface area contributed by atoms with Crippen LogP contribution in [-0.2, 0) is 6.54 Å². The summed E-state index contributed by atoms with van der Waals surface area (Å²) in [4.78, 5) is 0. The zero-order valence-corrected chi connectivity index (χ0v) is 16.5. The van der Waals surface area contributed by atoms with Gasteiger partial charge in [0.15, 0.2) is 5.11 Å². The number of benzene rings is 1. The van der Waals surface area contributed by atoms with E-state index in [1.54, 1.807) is 30.7 Å². The summed E-state index contributed by atoms with van der Waals surface area (Å²) < 4.78 is 31.2. The second-order valence-corrected chi connectivity index (χ2v) is 6.67. The second-order valence-electron chi connectivity index (χ2n) is 5.53. The third-order valence-electron chi connectivity index (χ3n) is 3.43. The van der Waals surface area contributed by atoms with Crippen molar-refractivity contribution in [2.75, 3.05) is 11.9 Å². The van der Waals surface area contributed by atoms with Crippen LogP contribution in [0.4, 0.5) is 14.5 Å². The Labute approximate surface area is 165 Å². The van der Waals surface area contributed by atoms with E-state index in [1.165, 1.54) is 6.07 Å². The highest BCUT2D eigenvalue weighted by molar-refractivity contribution is 7.80. The van der Waals surface area contributed by atoms with Crippen LogP contribution in [0.2, 0.25) is 10.2 Å². The molecule has 142 valence electrons. The van der Waals surface area contributed by atoms with Gasteiger partial charge in [0, 0.05) is 13.1 Å². The van der Waals surface area contributed by atoms with Crippen LogP contribution in [0.25, 0.3) is 0 Å². The molecule has 0 fully saturated rings. The Morgan fingerprint density at radius 2 is 2.08 bits per heavy atom. The van der Waals surface area contributed by atoms with Crippen molar-refractivity contribution in [2.45, 2.75) is 33.4 Å². The van der Waals surface area contributed by atoms with Crippen molar-refractivity contribution in [3.05, 3.63) is 39.6 Å². The molecule has 1 aromatic carbocycles. The Hall–Kier alpha value is -1.64. The fraction of sp³-hybridized carbons (Fsp3) is 0.375. The van der Waals surface area contributed by atoms with Crippen molar-refractivity contribution >= 4 is 46.2 Å². The predicted octanol–water partition coefficient (Wildman–Crippen LogP) is 4.78. The first-order chi connectivity index (χ1) is 12.3. The molecule has 1 heterocycles. The molecule has 0 amide bonds. The predicted molar refractivity (Wildman–Crippen MR) is 104 cm³/mol. The van der Waals surface area contributed by atoms with Crippen LogP contribution in [0, 0.1) is 13.8 Å². The average Bonchev–Trinajstić information content (AvgIpc) is 2.81. The molecule has 2 aromatic rings. The Balaban J connectivity index is 1.84. The summed E-state index contributed by atoms with van der Waals surface area (Å²) in [6.45, 7) is 1.75. The van der Waals surface area contributed by atoms with Gasteiger partial charge in [-0.05, 0) is 50.2 Å². The van der Waals surface area contributed by atoms with Crippen LogP contribution < -0.4 is 15.4 Å². The van der Waals surface area contributed by atoms with Crippen LogP contribution in [0.5, 0.6) is 5.75 Å². The van der Waals surface area contributed by atoms with Crippen LogP contribution in [0.3, 0.4) is 0 Å². The highest BCUT2D eigenvalue weighted by atomic mass is 35.5. The van der Waals surface area contributed by atoms with Gasteiger partial charge in [-0.15, -0.1) is 0 Å². The van der Waals surface area contributed by atoms with E-state index in [0.29, 0.717) is 46.2 Å². The molecule has 0 radical (unpaired) electrons. The smallest absolute Gasteiger partial charge is 0.387 e. The third-order valence-corrected chi connectivity index (χ3v) is 4.61. The van der Waals surface area contributed by atoms with Gasteiger partial charge in [0.1, 0.15) is 15.9 Å².